The van der Waals surface area contributed by atoms with Gasteiger partial charge in [0.2, 0.25) is 0 Å². The number of anilines is 1. The minimum Gasteiger partial charge on any atom is -0.456 e. The van der Waals surface area contributed by atoms with Gasteiger partial charge >= 0.3 is 0 Å². The molecule has 0 bridgehead atoms. The Balaban J connectivity index is 1.34. The lowest BCUT2D eigenvalue weighted by molar-refractivity contribution is 0.116. The van der Waals surface area contributed by atoms with E-state index in [0.717, 1.165) is 57.9 Å². The summed E-state index contributed by atoms with van der Waals surface area (Å²) in [5.41, 5.74) is 2.87. The van der Waals surface area contributed by atoms with Gasteiger partial charge in [-0.2, -0.15) is 5.10 Å². The molecule has 1 aliphatic carbocycles. The van der Waals surface area contributed by atoms with Gasteiger partial charge in [0.25, 0.3) is 0 Å². The van der Waals surface area contributed by atoms with E-state index in [1.165, 1.54) is 0 Å². The number of nitrogens with one attached hydrogen (secondary N) is 1. The summed E-state index contributed by atoms with van der Waals surface area (Å²) in [6.07, 6.45) is 11.0. The highest BCUT2D eigenvalue weighted by Crippen LogP contribution is 2.33. The van der Waals surface area contributed by atoms with Crippen LogP contribution in [-0.2, 0) is 7.05 Å². The molecule has 0 saturated heterocycles. The Bertz CT molecular complexity index is 1170. The maximum absolute atomic E-state index is 10.2. The van der Waals surface area contributed by atoms with Crippen LogP contribution in [0.2, 0.25) is 0 Å². The standard InChI is InChI=1S/C22H23N5O2S/c1-27-13-15(11-24-27)14-8-17(12-23-10-14)29-16-6-7-19-21(9-16)30-22(26-19)25-18-4-2-3-5-20(18)28/h6-13,18,20,28H,2-5H2,1H3,(H,25,26)/t18-,20-/m1/s1. The van der Waals surface area contributed by atoms with Crippen LogP contribution in [0.1, 0.15) is 25.7 Å². The van der Waals surface area contributed by atoms with Gasteiger partial charge in [0.1, 0.15) is 11.5 Å². The topological polar surface area (TPSA) is 85.1 Å². The maximum atomic E-state index is 10.2. The molecule has 1 aromatic carbocycles. The van der Waals surface area contributed by atoms with E-state index >= 15 is 0 Å². The van der Waals surface area contributed by atoms with Gasteiger partial charge in [0.15, 0.2) is 5.13 Å². The molecule has 30 heavy (non-hydrogen) atoms. The van der Waals surface area contributed by atoms with Gasteiger partial charge in [0.05, 0.1) is 34.8 Å². The van der Waals surface area contributed by atoms with Gasteiger partial charge in [-0.1, -0.05) is 24.2 Å². The van der Waals surface area contributed by atoms with E-state index in [-0.39, 0.29) is 12.1 Å². The van der Waals surface area contributed by atoms with E-state index in [1.807, 2.05) is 43.7 Å². The Kier molecular flexibility index (Phi) is 5.10. The first kappa shape index (κ1) is 19.0. The highest BCUT2D eigenvalue weighted by atomic mass is 32.1. The molecule has 0 unspecified atom stereocenters. The maximum Gasteiger partial charge on any atom is 0.184 e. The quantitative estimate of drug-likeness (QED) is 0.490. The molecule has 2 N–H and O–H groups in total. The van der Waals surface area contributed by atoms with Crippen molar-refractivity contribution in [2.75, 3.05) is 5.32 Å². The average molecular weight is 422 g/mol. The molecule has 5 rings (SSSR count). The van der Waals surface area contributed by atoms with Crippen LogP contribution < -0.4 is 10.1 Å². The lowest BCUT2D eigenvalue weighted by Gasteiger charge is -2.27. The first-order chi connectivity index (χ1) is 14.6. The van der Waals surface area contributed by atoms with Gasteiger partial charge in [-0.05, 0) is 31.0 Å². The molecule has 7 nitrogen and oxygen atoms in total. The SMILES string of the molecule is Cn1cc(-c2cncc(Oc3ccc4nc(N[C@@H]5CCCC[C@H]5O)sc4c3)c2)cn1. The second kappa shape index (κ2) is 8.04. The molecule has 8 heteroatoms. The van der Waals surface area contributed by atoms with E-state index < -0.39 is 0 Å². The van der Waals surface area contributed by atoms with Crippen LogP contribution in [0.15, 0.2) is 49.1 Å². The number of aryl methyl sites for hydroxylation is 1. The van der Waals surface area contributed by atoms with Crippen molar-refractivity contribution in [3.05, 3.63) is 49.1 Å². The predicted molar refractivity (Wildman–Crippen MR) is 118 cm³/mol. The number of nitrogens with zero attached hydrogens (tertiary/aromatic N) is 4. The first-order valence-corrected chi connectivity index (χ1v) is 10.9. The highest BCUT2D eigenvalue weighted by molar-refractivity contribution is 7.22. The monoisotopic (exact) mass is 421 g/mol. The summed E-state index contributed by atoms with van der Waals surface area (Å²) >= 11 is 1.58. The normalized spacial score (nSPS) is 19.1. The number of rotatable bonds is 5. The van der Waals surface area contributed by atoms with E-state index in [4.69, 9.17) is 4.74 Å². The molecule has 2 atom stereocenters. The number of aliphatic hydroxyl groups is 1. The Morgan fingerprint density at radius 3 is 2.83 bits per heavy atom. The molecule has 0 radical (unpaired) electrons. The van der Waals surface area contributed by atoms with Crippen LogP contribution in [0.3, 0.4) is 0 Å². The Morgan fingerprint density at radius 2 is 2.00 bits per heavy atom. The van der Waals surface area contributed by atoms with Crippen LogP contribution in [-0.4, -0.2) is 37.0 Å². The van der Waals surface area contributed by atoms with Gasteiger partial charge in [-0.15, -0.1) is 0 Å². The van der Waals surface area contributed by atoms with Crippen molar-refractivity contribution in [3.63, 3.8) is 0 Å². The Morgan fingerprint density at radius 1 is 1.10 bits per heavy atom. The van der Waals surface area contributed by atoms with Crippen LogP contribution in [0, 0.1) is 0 Å². The second-order valence-electron chi connectivity index (χ2n) is 7.67. The summed E-state index contributed by atoms with van der Waals surface area (Å²) in [4.78, 5) is 8.96. The Hall–Kier alpha value is -2.97. The fourth-order valence-electron chi connectivity index (χ4n) is 3.81. The molecule has 3 aromatic heterocycles. The molecule has 3 heterocycles. The number of ether oxygens (including phenoxy) is 1. The van der Waals surface area contributed by atoms with Crippen LogP contribution in [0.5, 0.6) is 11.5 Å². The summed E-state index contributed by atoms with van der Waals surface area (Å²) < 4.78 is 8.86. The number of thiazole rings is 1. The van der Waals surface area contributed by atoms with Crippen LogP contribution >= 0.6 is 11.3 Å². The van der Waals surface area contributed by atoms with Gasteiger partial charge < -0.3 is 15.2 Å². The van der Waals surface area contributed by atoms with E-state index in [9.17, 15) is 5.11 Å². The summed E-state index contributed by atoms with van der Waals surface area (Å²) in [6, 6.07) is 7.90. The number of benzene rings is 1. The zero-order valence-corrected chi connectivity index (χ0v) is 17.5. The highest BCUT2D eigenvalue weighted by Gasteiger charge is 2.23. The number of hydrogen-bond donors (Lipinski definition) is 2. The molecule has 1 saturated carbocycles. The zero-order valence-electron chi connectivity index (χ0n) is 16.7. The summed E-state index contributed by atoms with van der Waals surface area (Å²) in [5, 5.41) is 18.7. The molecular weight excluding hydrogens is 398 g/mol. The minimum absolute atomic E-state index is 0.0799. The van der Waals surface area contributed by atoms with Crippen molar-refractivity contribution < 1.29 is 9.84 Å². The van der Waals surface area contributed by atoms with Crippen molar-refractivity contribution in [3.8, 4) is 22.6 Å². The number of pyridine rings is 1. The van der Waals surface area contributed by atoms with Gasteiger partial charge in [-0.25, -0.2) is 4.98 Å². The molecular formula is C22H23N5O2S. The molecule has 0 spiro atoms. The summed E-state index contributed by atoms with van der Waals surface area (Å²) in [6.45, 7) is 0. The number of aliphatic hydroxyl groups excluding tert-OH is 1. The van der Waals surface area contributed by atoms with Crippen molar-refractivity contribution >= 4 is 26.7 Å². The van der Waals surface area contributed by atoms with Crippen LogP contribution in [0.4, 0.5) is 5.13 Å². The third kappa shape index (κ3) is 4.01. The van der Waals surface area contributed by atoms with Gasteiger partial charge in [0, 0.05) is 36.6 Å². The summed E-state index contributed by atoms with van der Waals surface area (Å²) in [5.74, 6) is 1.41. The fraction of sp³-hybridized carbons (Fsp3) is 0.318. The third-order valence-corrected chi connectivity index (χ3v) is 6.33. The van der Waals surface area contributed by atoms with Crippen molar-refractivity contribution in [2.24, 2.45) is 7.05 Å². The second-order valence-corrected chi connectivity index (χ2v) is 8.70. The molecule has 0 amide bonds. The first-order valence-electron chi connectivity index (χ1n) is 10.1. The predicted octanol–water partition coefficient (Wildman–Crippen LogP) is 4.60. The molecule has 1 aliphatic rings. The molecule has 154 valence electrons. The smallest absolute Gasteiger partial charge is 0.184 e. The lowest BCUT2D eigenvalue weighted by Crippen LogP contribution is -2.36. The van der Waals surface area contributed by atoms with Crippen molar-refractivity contribution in [1.82, 2.24) is 19.7 Å². The largest absolute Gasteiger partial charge is 0.456 e. The number of hydrogen-bond acceptors (Lipinski definition) is 7. The zero-order chi connectivity index (χ0) is 20.5. The van der Waals surface area contributed by atoms with E-state index in [0.29, 0.717) is 5.75 Å². The van der Waals surface area contributed by atoms with Crippen molar-refractivity contribution in [1.29, 1.82) is 0 Å². The summed E-state index contributed by atoms with van der Waals surface area (Å²) in [7, 11) is 1.89. The minimum atomic E-state index is -0.302. The molecule has 0 aliphatic heterocycles. The van der Waals surface area contributed by atoms with E-state index in [2.05, 4.69) is 20.4 Å². The molecule has 4 aromatic rings. The van der Waals surface area contributed by atoms with E-state index in [1.54, 1.807) is 28.4 Å². The number of fused-ring (bicyclic) bond motifs is 1. The number of aromatic nitrogens is 4. The fourth-order valence-corrected chi connectivity index (χ4v) is 4.76. The van der Waals surface area contributed by atoms with Crippen LogP contribution in [0.25, 0.3) is 21.3 Å². The van der Waals surface area contributed by atoms with Crippen molar-refractivity contribution in [2.45, 2.75) is 37.8 Å². The lowest BCUT2D eigenvalue weighted by atomic mass is 9.93. The third-order valence-electron chi connectivity index (χ3n) is 5.39. The molecule has 1 fully saturated rings. The Labute approximate surface area is 178 Å². The average Bonchev–Trinajstić information content (AvgIpc) is 3.35. The van der Waals surface area contributed by atoms with Gasteiger partial charge in [-0.3, -0.25) is 9.67 Å².